The number of carbonyl (C=O) groups is 1. The van der Waals surface area contributed by atoms with Gasteiger partial charge in [-0.15, -0.1) is 0 Å². The monoisotopic (exact) mass is 493 g/mol. The molecule has 4 rings (SSSR count). The van der Waals surface area contributed by atoms with E-state index in [-0.39, 0.29) is 18.2 Å². The molecule has 0 aliphatic carbocycles. The van der Waals surface area contributed by atoms with Gasteiger partial charge >= 0.3 is 0 Å². The van der Waals surface area contributed by atoms with E-state index in [0.717, 1.165) is 16.8 Å². The number of morpholine rings is 1. The molecule has 1 fully saturated rings. The van der Waals surface area contributed by atoms with E-state index >= 15 is 0 Å². The van der Waals surface area contributed by atoms with Gasteiger partial charge in [0.2, 0.25) is 10.0 Å². The zero-order chi connectivity index (χ0) is 24.8. The Labute approximate surface area is 207 Å². The van der Waals surface area contributed by atoms with Crippen LogP contribution in [0.1, 0.15) is 32.6 Å². The van der Waals surface area contributed by atoms with Crippen LogP contribution in [0.25, 0.3) is 0 Å². The lowest BCUT2D eigenvalue weighted by Gasteiger charge is -2.26. The third-order valence-corrected chi connectivity index (χ3v) is 8.13. The number of nitrogens with one attached hydrogen (secondary N) is 2. The summed E-state index contributed by atoms with van der Waals surface area (Å²) in [6.45, 7) is 5.87. The molecular formula is C27H31N3O4S. The van der Waals surface area contributed by atoms with Crippen molar-refractivity contribution in [1.82, 2.24) is 9.62 Å². The zero-order valence-electron chi connectivity index (χ0n) is 20.1. The molecule has 0 spiro atoms. The van der Waals surface area contributed by atoms with Crippen LogP contribution in [0.5, 0.6) is 0 Å². The van der Waals surface area contributed by atoms with Crippen LogP contribution in [0, 0.1) is 13.8 Å². The first-order valence-electron chi connectivity index (χ1n) is 11.7. The van der Waals surface area contributed by atoms with E-state index in [0.29, 0.717) is 43.1 Å². The summed E-state index contributed by atoms with van der Waals surface area (Å²) in [5.74, 6) is -0.339. The fourth-order valence-electron chi connectivity index (χ4n) is 4.08. The van der Waals surface area contributed by atoms with Crippen molar-refractivity contribution < 1.29 is 17.9 Å². The van der Waals surface area contributed by atoms with E-state index in [1.165, 1.54) is 9.87 Å². The third kappa shape index (κ3) is 6.08. The quantitative estimate of drug-likeness (QED) is 0.493. The second kappa shape index (κ2) is 11.0. The van der Waals surface area contributed by atoms with E-state index < -0.39 is 10.0 Å². The number of rotatable bonds is 8. The van der Waals surface area contributed by atoms with Gasteiger partial charge < -0.3 is 15.4 Å². The predicted molar refractivity (Wildman–Crippen MR) is 138 cm³/mol. The third-order valence-electron chi connectivity index (χ3n) is 6.30. The Morgan fingerprint density at radius 1 is 0.886 bits per heavy atom. The summed E-state index contributed by atoms with van der Waals surface area (Å²) in [5, 5.41) is 6.35. The van der Waals surface area contributed by atoms with Crippen LogP contribution in [0.15, 0.2) is 66.7 Å². The van der Waals surface area contributed by atoms with Gasteiger partial charge in [0.05, 0.1) is 30.2 Å². The summed E-state index contributed by atoms with van der Waals surface area (Å²) in [5.41, 5.74) is 5.93. The number of amides is 1. The van der Waals surface area contributed by atoms with Crippen molar-refractivity contribution in [2.45, 2.75) is 26.1 Å². The van der Waals surface area contributed by atoms with Crippen LogP contribution >= 0.6 is 0 Å². The first-order valence-corrected chi connectivity index (χ1v) is 13.3. The molecule has 1 saturated heterocycles. The highest BCUT2D eigenvalue weighted by atomic mass is 32.2. The molecule has 184 valence electrons. The fourth-order valence-corrected chi connectivity index (χ4v) is 5.64. The minimum absolute atomic E-state index is 0.107. The number of nitrogens with zero attached hydrogens (tertiary/aromatic N) is 1. The Morgan fingerprint density at radius 3 is 2.31 bits per heavy atom. The van der Waals surface area contributed by atoms with Crippen LogP contribution in [-0.4, -0.2) is 44.9 Å². The molecule has 8 heteroatoms. The minimum atomic E-state index is -3.47. The average molecular weight is 494 g/mol. The smallest absolute Gasteiger partial charge is 0.253 e. The minimum Gasteiger partial charge on any atom is -0.379 e. The van der Waals surface area contributed by atoms with Crippen molar-refractivity contribution in [3.63, 3.8) is 0 Å². The fraction of sp³-hybridized carbons (Fsp3) is 0.296. The number of aryl methyl sites for hydroxylation is 1. The van der Waals surface area contributed by atoms with Gasteiger partial charge in [0.15, 0.2) is 0 Å². The molecule has 0 bridgehead atoms. The molecule has 1 aliphatic heterocycles. The van der Waals surface area contributed by atoms with Crippen molar-refractivity contribution >= 4 is 27.3 Å². The standard InChI is InChI=1S/C27H31N3O4S/c1-20-8-7-13-25(21(20)2)29-26-12-6-5-11-24(26)27(31)28-18-22-9-3-4-10-23(22)19-35(32,33)30-14-16-34-17-15-30/h3-13,29H,14-19H2,1-2H3,(H,28,31). The summed E-state index contributed by atoms with van der Waals surface area (Å²) in [4.78, 5) is 13.1. The zero-order valence-corrected chi connectivity index (χ0v) is 20.9. The largest absolute Gasteiger partial charge is 0.379 e. The molecule has 0 radical (unpaired) electrons. The van der Waals surface area contributed by atoms with Gasteiger partial charge in [0.25, 0.3) is 5.91 Å². The summed E-state index contributed by atoms with van der Waals surface area (Å²) in [6, 6.07) is 20.7. The second-order valence-electron chi connectivity index (χ2n) is 8.64. The summed E-state index contributed by atoms with van der Waals surface area (Å²) < 4.78 is 32.6. The molecule has 3 aromatic carbocycles. The molecule has 3 aromatic rings. The van der Waals surface area contributed by atoms with E-state index in [1.807, 2.05) is 55.5 Å². The first-order chi connectivity index (χ1) is 16.8. The Balaban J connectivity index is 1.48. The number of ether oxygens (including phenoxy) is 1. The number of hydrogen-bond donors (Lipinski definition) is 2. The number of carbonyl (C=O) groups excluding carboxylic acids is 1. The summed E-state index contributed by atoms with van der Waals surface area (Å²) in [7, 11) is -3.47. The molecule has 0 atom stereocenters. The Kier molecular flexibility index (Phi) is 7.85. The molecule has 1 amide bonds. The van der Waals surface area contributed by atoms with E-state index in [4.69, 9.17) is 4.74 Å². The van der Waals surface area contributed by atoms with Gasteiger partial charge in [-0.05, 0) is 54.3 Å². The lowest BCUT2D eigenvalue weighted by Crippen LogP contribution is -2.41. The molecule has 0 unspecified atom stereocenters. The van der Waals surface area contributed by atoms with E-state index in [1.54, 1.807) is 12.1 Å². The molecule has 0 aromatic heterocycles. The highest BCUT2D eigenvalue weighted by molar-refractivity contribution is 7.88. The maximum atomic E-state index is 13.1. The molecule has 7 nitrogen and oxygen atoms in total. The van der Waals surface area contributed by atoms with Gasteiger partial charge in [-0.25, -0.2) is 8.42 Å². The lowest BCUT2D eigenvalue weighted by atomic mass is 10.1. The molecule has 1 heterocycles. The maximum Gasteiger partial charge on any atom is 0.253 e. The molecule has 1 aliphatic rings. The summed E-state index contributed by atoms with van der Waals surface area (Å²) >= 11 is 0. The van der Waals surface area contributed by atoms with Crippen LogP contribution in [-0.2, 0) is 27.1 Å². The first kappa shape index (κ1) is 24.9. The second-order valence-corrected chi connectivity index (χ2v) is 10.6. The van der Waals surface area contributed by atoms with Crippen LogP contribution in [0.2, 0.25) is 0 Å². The van der Waals surface area contributed by atoms with Crippen LogP contribution < -0.4 is 10.6 Å². The van der Waals surface area contributed by atoms with Crippen molar-refractivity contribution in [2.75, 3.05) is 31.6 Å². The Bertz CT molecular complexity index is 1300. The van der Waals surface area contributed by atoms with Crippen LogP contribution in [0.3, 0.4) is 0 Å². The molecule has 0 saturated carbocycles. The van der Waals surface area contributed by atoms with Crippen LogP contribution in [0.4, 0.5) is 11.4 Å². The van der Waals surface area contributed by atoms with Gasteiger partial charge in [-0.3, -0.25) is 4.79 Å². The van der Waals surface area contributed by atoms with Crippen molar-refractivity contribution in [1.29, 1.82) is 0 Å². The number of benzene rings is 3. The molecule has 2 N–H and O–H groups in total. The maximum absolute atomic E-state index is 13.1. The lowest BCUT2D eigenvalue weighted by molar-refractivity contribution is 0.0729. The molecule has 35 heavy (non-hydrogen) atoms. The predicted octanol–water partition coefficient (Wildman–Crippen LogP) is 4.14. The van der Waals surface area contributed by atoms with E-state index in [2.05, 4.69) is 23.6 Å². The van der Waals surface area contributed by atoms with Gasteiger partial charge in [0.1, 0.15) is 0 Å². The number of anilines is 2. The number of para-hydroxylation sites is 1. The highest BCUT2D eigenvalue weighted by Gasteiger charge is 2.25. The van der Waals surface area contributed by atoms with Gasteiger partial charge in [-0.2, -0.15) is 4.31 Å². The topological polar surface area (TPSA) is 87.7 Å². The normalized spacial score (nSPS) is 14.5. The van der Waals surface area contributed by atoms with E-state index in [9.17, 15) is 13.2 Å². The van der Waals surface area contributed by atoms with Crippen molar-refractivity contribution in [3.05, 3.63) is 94.5 Å². The average Bonchev–Trinajstić information content (AvgIpc) is 2.87. The van der Waals surface area contributed by atoms with Gasteiger partial charge in [-0.1, -0.05) is 48.5 Å². The SMILES string of the molecule is Cc1cccc(Nc2ccccc2C(=O)NCc2ccccc2CS(=O)(=O)N2CCOCC2)c1C. The molecular weight excluding hydrogens is 462 g/mol. The Morgan fingerprint density at radius 2 is 1.54 bits per heavy atom. The number of hydrogen-bond acceptors (Lipinski definition) is 5. The van der Waals surface area contributed by atoms with Crippen molar-refractivity contribution in [3.8, 4) is 0 Å². The van der Waals surface area contributed by atoms with Crippen molar-refractivity contribution in [2.24, 2.45) is 0 Å². The summed E-state index contributed by atoms with van der Waals surface area (Å²) in [6.07, 6.45) is 0. The Hall–Kier alpha value is -3.20. The highest BCUT2D eigenvalue weighted by Crippen LogP contribution is 2.25. The van der Waals surface area contributed by atoms with Gasteiger partial charge in [0, 0.05) is 25.3 Å². The number of sulfonamides is 1.